The van der Waals surface area contributed by atoms with Crippen LogP contribution in [0, 0.1) is 12.3 Å². The van der Waals surface area contributed by atoms with Crippen molar-refractivity contribution in [2.75, 3.05) is 19.6 Å². The van der Waals surface area contributed by atoms with Crippen molar-refractivity contribution in [3.8, 4) is 0 Å². The third-order valence-electron chi connectivity index (χ3n) is 4.20. The minimum atomic E-state index is 0.393. The standard InChI is InChI=1S/C16H29N5O/c1-5-8-16(4)9-7-10-21(12-16)15(17-6-2)18-11-14-19-13(3)20-22-14/h5-12H2,1-4H3,(H,17,18). The summed E-state index contributed by atoms with van der Waals surface area (Å²) < 4.78 is 5.15. The lowest BCUT2D eigenvalue weighted by Gasteiger charge is -2.42. The summed E-state index contributed by atoms with van der Waals surface area (Å²) in [6.45, 7) is 12.0. The van der Waals surface area contributed by atoms with Gasteiger partial charge in [0.15, 0.2) is 11.8 Å². The molecule has 0 amide bonds. The topological polar surface area (TPSA) is 66.5 Å². The van der Waals surface area contributed by atoms with Crippen molar-refractivity contribution in [1.82, 2.24) is 20.4 Å². The molecule has 1 aromatic heterocycles. The summed E-state index contributed by atoms with van der Waals surface area (Å²) in [5.41, 5.74) is 0.393. The first-order chi connectivity index (χ1) is 10.6. The van der Waals surface area contributed by atoms with Crippen LogP contribution in [0.15, 0.2) is 9.52 Å². The Balaban J connectivity index is 2.05. The van der Waals surface area contributed by atoms with E-state index in [0.717, 1.165) is 25.6 Å². The third kappa shape index (κ3) is 4.45. The summed E-state index contributed by atoms with van der Waals surface area (Å²) >= 11 is 0. The summed E-state index contributed by atoms with van der Waals surface area (Å²) in [4.78, 5) is 11.3. The van der Waals surface area contributed by atoms with Gasteiger partial charge >= 0.3 is 0 Å². The van der Waals surface area contributed by atoms with Gasteiger partial charge in [0.2, 0.25) is 5.89 Å². The van der Waals surface area contributed by atoms with Crippen LogP contribution in [0.4, 0.5) is 0 Å². The number of piperidine rings is 1. The van der Waals surface area contributed by atoms with E-state index in [2.05, 4.69) is 46.1 Å². The van der Waals surface area contributed by atoms with Gasteiger partial charge in [-0.1, -0.05) is 25.4 Å². The van der Waals surface area contributed by atoms with Crippen molar-refractivity contribution in [1.29, 1.82) is 0 Å². The monoisotopic (exact) mass is 307 g/mol. The van der Waals surface area contributed by atoms with Gasteiger partial charge in [0.1, 0.15) is 6.54 Å². The number of likely N-dealkylation sites (tertiary alicyclic amines) is 1. The zero-order valence-electron chi connectivity index (χ0n) is 14.4. The summed E-state index contributed by atoms with van der Waals surface area (Å²) in [5, 5.41) is 7.21. The van der Waals surface area contributed by atoms with Crippen LogP contribution in [0.2, 0.25) is 0 Å². The van der Waals surface area contributed by atoms with Gasteiger partial charge in [-0.05, 0) is 38.5 Å². The predicted molar refractivity (Wildman–Crippen MR) is 87.7 cm³/mol. The van der Waals surface area contributed by atoms with Crippen molar-refractivity contribution < 1.29 is 4.52 Å². The summed E-state index contributed by atoms with van der Waals surface area (Å²) in [6.07, 6.45) is 5.03. The lowest BCUT2D eigenvalue weighted by atomic mass is 9.78. The molecular formula is C16H29N5O. The van der Waals surface area contributed by atoms with E-state index in [1.165, 1.54) is 25.7 Å². The molecule has 1 aromatic rings. The molecule has 1 atom stereocenters. The van der Waals surface area contributed by atoms with Gasteiger partial charge in [0.25, 0.3) is 0 Å². The smallest absolute Gasteiger partial charge is 0.248 e. The fraction of sp³-hybridized carbons (Fsp3) is 0.812. The molecule has 124 valence electrons. The zero-order valence-corrected chi connectivity index (χ0v) is 14.4. The SMILES string of the molecule is CCCC1(C)CCCN(C(=NCc2nc(C)no2)NCC)C1. The molecule has 0 spiro atoms. The molecule has 6 heteroatoms. The molecule has 1 unspecified atom stereocenters. The maximum absolute atomic E-state index is 5.15. The zero-order chi connectivity index (χ0) is 16.0. The molecule has 22 heavy (non-hydrogen) atoms. The number of guanidine groups is 1. The summed E-state index contributed by atoms with van der Waals surface area (Å²) in [5.74, 6) is 2.19. The molecule has 0 aliphatic carbocycles. The second kappa shape index (κ2) is 7.61. The lowest BCUT2D eigenvalue weighted by molar-refractivity contribution is 0.142. The number of aliphatic imine (C=N–C) groups is 1. The van der Waals surface area contributed by atoms with Crippen molar-refractivity contribution in [2.45, 2.75) is 59.9 Å². The quantitative estimate of drug-likeness (QED) is 0.669. The van der Waals surface area contributed by atoms with Gasteiger partial charge in [-0.2, -0.15) is 4.98 Å². The van der Waals surface area contributed by atoms with E-state index in [1.54, 1.807) is 0 Å². The van der Waals surface area contributed by atoms with Crippen LogP contribution in [0.25, 0.3) is 0 Å². The van der Waals surface area contributed by atoms with Crippen molar-refractivity contribution in [3.05, 3.63) is 11.7 Å². The lowest BCUT2D eigenvalue weighted by Crippen LogP contribution is -2.49. The average Bonchev–Trinajstić information content (AvgIpc) is 2.89. The van der Waals surface area contributed by atoms with Crippen LogP contribution >= 0.6 is 0 Å². The van der Waals surface area contributed by atoms with E-state index < -0.39 is 0 Å². The number of aromatic nitrogens is 2. The number of hydrogen-bond acceptors (Lipinski definition) is 4. The van der Waals surface area contributed by atoms with Crippen molar-refractivity contribution >= 4 is 5.96 Å². The highest BCUT2D eigenvalue weighted by Crippen LogP contribution is 2.33. The second-order valence-electron chi connectivity index (χ2n) is 6.49. The average molecular weight is 307 g/mol. The molecule has 1 aliphatic rings. The Morgan fingerprint density at radius 3 is 2.91 bits per heavy atom. The van der Waals surface area contributed by atoms with E-state index in [4.69, 9.17) is 4.52 Å². The number of rotatable bonds is 5. The minimum absolute atomic E-state index is 0.393. The highest BCUT2D eigenvalue weighted by molar-refractivity contribution is 5.80. The second-order valence-corrected chi connectivity index (χ2v) is 6.49. The fourth-order valence-corrected chi connectivity index (χ4v) is 3.28. The Morgan fingerprint density at radius 2 is 2.27 bits per heavy atom. The van der Waals surface area contributed by atoms with E-state index >= 15 is 0 Å². The van der Waals surface area contributed by atoms with Crippen LogP contribution in [0.1, 0.15) is 58.2 Å². The van der Waals surface area contributed by atoms with Crippen LogP contribution < -0.4 is 5.32 Å². The number of aryl methyl sites for hydroxylation is 1. The van der Waals surface area contributed by atoms with Crippen LogP contribution in [0.3, 0.4) is 0 Å². The predicted octanol–water partition coefficient (Wildman–Crippen LogP) is 2.75. The minimum Gasteiger partial charge on any atom is -0.357 e. The molecule has 0 radical (unpaired) electrons. The van der Waals surface area contributed by atoms with E-state index in [0.29, 0.717) is 23.7 Å². The fourth-order valence-electron chi connectivity index (χ4n) is 3.28. The summed E-state index contributed by atoms with van der Waals surface area (Å²) in [7, 11) is 0. The highest BCUT2D eigenvalue weighted by atomic mass is 16.5. The molecule has 0 bridgehead atoms. The van der Waals surface area contributed by atoms with Crippen molar-refractivity contribution in [2.24, 2.45) is 10.4 Å². The van der Waals surface area contributed by atoms with Gasteiger partial charge in [0.05, 0.1) is 0 Å². The van der Waals surface area contributed by atoms with Gasteiger partial charge in [-0.3, -0.25) is 0 Å². The molecule has 6 nitrogen and oxygen atoms in total. The molecular weight excluding hydrogens is 278 g/mol. The first kappa shape index (κ1) is 16.8. The van der Waals surface area contributed by atoms with Gasteiger partial charge < -0.3 is 14.7 Å². The van der Waals surface area contributed by atoms with Gasteiger partial charge in [0, 0.05) is 19.6 Å². The molecule has 1 fully saturated rings. The van der Waals surface area contributed by atoms with Crippen LogP contribution in [0.5, 0.6) is 0 Å². The van der Waals surface area contributed by atoms with Crippen molar-refractivity contribution in [3.63, 3.8) is 0 Å². The molecule has 0 aromatic carbocycles. The molecule has 1 saturated heterocycles. The molecule has 2 heterocycles. The van der Waals surface area contributed by atoms with Gasteiger partial charge in [-0.25, -0.2) is 4.99 Å². The summed E-state index contributed by atoms with van der Waals surface area (Å²) in [6, 6.07) is 0. The first-order valence-electron chi connectivity index (χ1n) is 8.39. The maximum atomic E-state index is 5.15. The Kier molecular flexibility index (Phi) is 5.80. The van der Waals surface area contributed by atoms with Crippen LogP contribution in [-0.2, 0) is 6.54 Å². The number of nitrogens with zero attached hydrogens (tertiary/aromatic N) is 4. The van der Waals surface area contributed by atoms with Gasteiger partial charge in [-0.15, -0.1) is 0 Å². The number of nitrogens with one attached hydrogen (secondary N) is 1. The maximum Gasteiger partial charge on any atom is 0.248 e. The Hall–Kier alpha value is -1.59. The Morgan fingerprint density at radius 1 is 1.45 bits per heavy atom. The van der Waals surface area contributed by atoms with E-state index in [1.807, 2.05) is 6.92 Å². The van der Waals surface area contributed by atoms with E-state index in [9.17, 15) is 0 Å². The Bertz CT molecular complexity index is 494. The van der Waals surface area contributed by atoms with E-state index in [-0.39, 0.29) is 0 Å². The normalized spacial score (nSPS) is 22.9. The number of hydrogen-bond donors (Lipinski definition) is 1. The Labute approximate surface area is 133 Å². The first-order valence-corrected chi connectivity index (χ1v) is 8.39. The third-order valence-corrected chi connectivity index (χ3v) is 4.20. The largest absolute Gasteiger partial charge is 0.357 e. The molecule has 1 N–H and O–H groups in total. The highest BCUT2D eigenvalue weighted by Gasteiger charge is 2.31. The molecule has 1 aliphatic heterocycles. The molecule has 2 rings (SSSR count). The van der Waals surface area contributed by atoms with Crippen LogP contribution in [-0.4, -0.2) is 40.6 Å². The molecule has 0 saturated carbocycles.